The van der Waals surface area contributed by atoms with E-state index in [1.165, 1.54) is 0 Å². The standard InChI is InChI=1S/C13H16N2O/c1-9-4-5-10(2)15(9)13-8-11(16-3)6-7-12(13)14/h4-8H,14H2,1-3H3. The number of benzene rings is 1. The first kappa shape index (κ1) is 10.6. The summed E-state index contributed by atoms with van der Waals surface area (Å²) in [6, 6.07) is 9.85. The van der Waals surface area contributed by atoms with Gasteiger partial charge >= 0.3 is 0 Å². The molecular weight excluding hydrogens is 200 g/mol. The Bertz CT molecular complexity index is 495. The molecule has 0 saturated heterocycles. The molecule has 0 bridgehead atoms. The fourth-order valence-corrected chi connectivity index (χ4v) is 1.89. The fraction of sp³-hybridized carbons (Fsp3) is 0.231. The van der Waals surface area contributed by atoms with Crippen LogP contribution in [0.25, 0.3) is 5.69 Å². The summed E-state index contributed by atoms with van der Waals surface area (Å²) in [5.74, 6) is 0.816. The Labute approximate surface area is 95.5 Å². The van der Waals surface area contributed by atoms with Crippen LogP contribution in [0.1, 0.15) is 11.4 Å². The zero-order valence-electron chi connectivity index (χ0n) is 9.82. The van der Waals surface area contributed by atoms with E-state index in [0.29, 0.717) is 0 Å². The summed E-state index contributed by atoms with van der Waals surface area (Å²) < 4.78 is 7.34. The normalized spacial score (nSPS) is 10.4. The third-order valence-electron chi connectivity index (χ3n) is 2.75. The smallest absolute Gasteiger partial charge is 0.121 e. The van der Waals surface area contributed by atoms with Crippen molar-refractivity contribution in [3.8, 4) is 11.4 Å². The number of hydrogen-bond donors (Lipinski definition) is 1. The highest BCUT2D eigenvalue weighted by Gasteiger charge is 2.08. The molecule has 2 rings (SSSR count). The second-order valence-corrected chi connectivity index (χ2v) is 3.88. The zero-order chi connectivity index (χ0) is 11.7. The number of aromatic nitrogens is 1. The molecule has 16 heavy (non-hydrogen) atoms. The summed E-state index contributed by atoms with van der Waals surface area (Å²) >= 11 is 0. The van der Waals surface area contributed by atoms with E-state index in [1.807, 2.05) is 18.2 Å². The van der Waals surface area contributed by atoms with E-state index < -0.39 is 0 Å². The molecule has 2 N–H and O–H groups in total. The molecule has 0 unspecified atom stereocenters. The summed E-state index contributed by atoms with van der Waals surface area (Å²) in [4.78, 5) is 0. The van der Waals surface area contributed by atoms with Gasteiger partial charge in [0.05, 0.1) is 18.5 Å². The average Bonchev–Trinajstić information content (AvgIpc) is 2.60. The van der Waals surface area contributed by atoms with Crippen LogP contribution in [0.4, 0.5) is 5.69 Å². The van der Waals surface area contributed by atoms with E-state index in [-0.39, 0.29) is 0 Å². The molecule has 1 heterocycles. The maximum absolute atomic E-state index is 6.00. The largest absolute Gasteiger partial charge is 0.497 e. The highest BCUT2D eigenvalue weighted by molar-refractivity contribution is 5.61. The van der Waals surface area contributed by atoms with Crippen LogP contribution in [0.15, 0.2) is 30.3 Å². The number of methoxy groups -OCH3 is 1. The highest BCUT2D eigenvalue weighted by atomic mass is 16.5. The summed E-state index contributed by atoms with van der Waals surface area (Å²) in [6.45, 7) is 4.12. The van der Waals surface area contributed by atoms with Gasteiger partial charge in [-0.25, -0.2) is 0 Å². The predicted molar refractivity (Wildman–Crippen MR) is 66.2 cm³/mol. The first-order chi connectivity index (χ1) is 7.63. The molecule has 1 aromatic heterocycles. The molecule has 2 aromatic rings. The van der Waals surface area contributed by atoms with Crippen LogP contribution in [0.5, 0.6) is 5.75 Å². The van der Waals surface area contributed by atoms with Gasteiger partial charge in [0.2, 0.25) is 0 Å². The number of rotatable bonds is 2. The maximum Gasteiger partial charge on any atom is 0.121 e. The van der Waals surface area contributed by atoms with E-state index >= 15 is 0 Å². The quantitative estimate of drug-likeness (QED) is 0.784. The lowest BCUT2D eigenvalue weighted by atomic mass is 10.2. The van der Waals surface area contributed by atoms with Crippen molar-refractivity contribution >= 4 is 5.69 Å². The van der Waals surface area contributed by atoms with Crippen molar-refractivity contribution in [2.75, 3.05) is 12.8 Å². The van der Waals surface area contributed by atoms with Crippen LogP contribution in [0.2, 0.25) is 0 Å². The van der Waals surface area contributed by atoms with Crippen molar-refractivity contribution in [1.29, 1.82) is 0 Å². The minimum Gasteiger partial charge on any atom is -0.497 e. The van der Waals surface area contributed by atoms with Gasteiger partial charge in [0, 0.05) is 17.5 Å². The van der Waals surface area contributed by atoms with Crippen LogP contribution in [0, 0.1) is 13.8 Å². The molecule has 0 aliphatic heterocycles. The monoisotopic (exact) mass is 216 g/mol. The summed E-state index contributed by atoms with van der Waals surface area (Å²) in [7, 11) is 1.66. The molecule has 1 aromatic carbocycles. The number of nitrogens with zero attached hydrogens (tertiary/aromatic N) is 1. The minimum absolute atomic E-state index is 0.753. The topological polar surface area (TPSA) is 40.2 Å². The molecule has 0 aliphatic rings. The Kier molecular flexibility index (Phi) is 2.60. The fourth-order valence-electron chi connectivity index (χ4n) is 1.89. The number of nitrogen functional groups attached to an aromatic ring is 1. The van der Waals surface area contributed by atoms with E-state index in [4.69, 9.17) is 10.5 Å². The van der Waals surface area contributed by atoms with Gasteiger partial charge in [-0.2, -0.15) is 0 Å². The number of anilines is 1. The van der Waals surface area contributed by atoms with Gasteiger partial charge < -0.3 is 15.0 Å². The van der Waals surface area contributed by atoms with Crippen LogP contribution in [0.3, 0.4) is 0 Å². The molecule has 0 fully saturated rings. The lowest BCUT2D eigenvalue weighted by Gasteiger charge is -2.13. The Morgan fingerprint density at radius 3 is 2.25 bits per heavy atom. The second-order valence-electron chi connectivity index (χ2n) is 3.88. The van der Waals surface area contributed by atoms with E-state index in [0.717, 1.165) is 28.5 Å². The average molecular weight is 216 g/mol. The molecule has 0 amide bonds. The first-order valence-corrected chi connectivity index (χ1v) is 5.22. The number of ether oxygens (including phenoxy) is 1. The van der Waals surface area contributed by atoms with E-state index in [2.05, 4.69) is 30.5 Å². The van der Waals surface area contributed by atoms with Gasteiger partial charge in [0.15, 0.2) is 0 Å². The SMILES string of the molecule is COc1ccc(N)c(-n2c(C)ccc2C)c1. The maximum atomic E-state index is 6.00. The van der Waals surface area contributed by atoms with Crippen molar-refractivity contribution in [2.24, 2.45) is 0 Å². The Morgan fingerprint density at radius 2 is 1.69 bits per heavy atom. The second kappa shape index (κ2) is 3.93. The van der Waals surface area contributed by atoms with Crippen molar-refractivity contribution in [1.82, 2.24) is 4.57 Å². The van der Waals surface area contributed by atoms with Crippen LogP contribution >= 0.6 is 0 Å². The third kappa shape index (κ3) is 1.65. The summed E-state index contributed by atoms with van der Waals surface area (Å²) in [5, 5.41) is 0. The lowest BCUT2D eigenvalue weighted by molar-refractivity contribution is 0.414. The number of aryl methyl sites for hydroxylation is 2. The van der Waals surface area contributed by atoms with Gasteiger partial charge in [-0.05, 0) is 38.1 Å². The van der Waals surface area contributed by atoms with Crippen molar-refractivity contribution in [3.05, 3.63) is 41.7 Å². The van der Waals surface area contributed by atoms with Gasteiger partial charge in [-0.3, -0.25) is 0 Å². The molecule has 84 valence electrons. The van der Waals surface area contributed by atoms with Gasteiger partial charge in [-0.1, -0.05) is 0 Å². The van der Waals surface area contributed by atoms with Gasteiger partial charge in [0.1, 0.15) is 5.75 Å². The van der Waals surface area contributed by atoms with Crippen LogP contribution in [-0.2, 0) is 0 Å². The van der Waals surface area contributed by atoms with Gasteiger partial charge in [-0.15, -0.1) is 0 Å². The third-order valence-corrected chi connectivity index (χ3v) is 2.75. The molecule has 3 heteroatoms. The Morgan fingerprint density at radius 1 is 1.06 bits per heavy atom. The predicted octanol–water partition coefficient (Wildman–Crippen LogP) is 2.68. The molecule has 0 spiro atoms. The molecule has 0 radical (unpaired) electrons. The molecule has 0 atom stereocenters. The molecule has 0 aliphatic carbocycles. The highest BCUT2D eigenvalue weighted by Crippen LogP contribution is 2.26. The Balaban J connectivity index is 2.63. The zero-order valence-corrected chi connectivity index (χ0v) is 9.82. The summed E-state index contributed by atoms with van der Waals surface area (Å²) in [6.07, 6.45) is 0. The molecule has 3 nitrogen and oxygen atoms in total. The van der Waals surface area contributed by atoms with Crippen molar-refractivity contribution in [2.45, 2.75) is 13.8 Å². The summed E-state index contributed by atoms with van der Waals surface area (Å²) in [5.41, 5.74) is 10.0. The molecular formula is C13H16N2O. The van der Waals surface area contributed by atoms with E-state index in [1.54, 1.807) is 7.11 Å². The van der Waals surface area contributed by atoms with Gasteiger partial charge in [0.25, 0.3) is 0 Å². The first-order valence-electron chi connectivity index (χ1n) is 5.22. The van der Waals surface area contributed by atoms with Crippen molar-refractivity contribution < 1.29 is 4.74 Å². The van der Waals surface area contributed by atoms with Crippen LogP contribution in [-0.4, -0.2) is 11.7 Å². The number of nitrogens with two attached hydrogens (primary N) is 1. The number of hydrogen-bond acceptors (Lipinski definition) is 2. The van der Waals surface area contributed by atoms with Crippen molar-refractivity contribution in [3.63, 3.8) is 0 Å². The Hall–Kier alpha value is -1.90. The van der Waals surface area contributed by atoms with E-state index in [9.17, 15) is 0 Å². The molecule has 0 saturated carbocycles. The lowest BCUT2D eigenvalue weighted by Crippen LogP contribution is -2.03. The minimum atomic E-state index is 0.753. The van der Waals surface area contributed by atoms with Crippen LogP contribution < -0.4 is 10.5 Å².